The zero-order valence-corrected chi connectivity index (χ0v) is 24.2. The van der Waals surface area contributed by atoms with Gasteiger partial charge in [-0.25, -0.2) is 33.1 Å². The van der Waals surface area contributed by atoms with Gasteiger partial charge in [-0.2, -0.15) is 26.3 Å². The first kappa shape index (κ1) is 37.7. The van der Waals surface area contributed by atoms with Gasteiger partial charge >= 0.3 is 24.3 Å². The number of nitrogens with two attached hydrogens (primary N) is 2. The van der Waals surface area contributed by atoms with Gasteiger partial charge in [-0.3, -0.25) is 4.03 Å². The Balaban J connectivity index is 0. The second kappa shape index (κ2) is 11.7. The zero-order chi connectivity index (χ0) is 30.7. The standard InChI is InChI=1S/C10H24N2OSSi.C4H10N2OS.2C2HF3O2/c1-9(2,3)15(5,6)12-14(11,13)10(4)7-8-10;1-4(2-3-4)8(5,6)7;2*3-2(4,5)1(6)7/h7-8H2,1-6H3,(H2,11,12,13);2-3H2,1H3,(H3,5,6,7);2*(H,6,7). The van der Waals surface area contributed by atoms with Gasteiger partial charge in [0.25, 0.3) is 0 Å². The lowest BCUT2D eigenvalue weighted by Crippen LogP contribution is -2.40. The summed E-state index contributed by atoms with van der Waals surface area (Å²) in [5.41, 5.74) is 0. The van der Waals surface area contributed by atoms with Crippen molar-refractivity contribution in [3.63, 3.8) is 0 Å². The zero-order valence-electron chi connectivity index (χ0n) is 21.5. The van der Waals surface area contributed by atoms with Crippen molar-refractivity contribution in [3.8, 4) is 0 Å². The second-order valence-corrected chi connectivity index (χ2v) is 20.2. The van der Waals surface area contributed by atoms with E-state index in [0.717, 1.165) is 25.7 Å². The fourth-order valence-corrected chi connectivity index (χ4v) is 7.62. The molecule has 0 aromatic heterocycles. The second-order valence-electron chi connectivity index (χ2n) is 10.6. The highest BCUT2D eigenvalue weighted by atomic mass is 32.2. The van der Waals surface area contributed by atoms with Gasteiger partial charge < -0.3 is 10.2 Å². The van der Waals surface area contributed by atoms with Crippen LogP contribution in [0.5, 0.6) is 0 Å². The topological polar surface area (TPSA) is 197 Å². The highest BCUT2D eigenvalue weighted by molar-refractivity contribution is 7.93. The number of nitrogens with one attached hydrogen (secondary N) is 1. The Labute approximate surface area is 214 Å². The largest absolute Gasteiger partial charge is 0.490 e. The van der Waals surface area contributed by atoms with Crippen LogP contribution in [0, 0.1) is 4.78 Å². The SMILES string of the molecule is CC(C)(C)[Si](C)(C)N=S(N)(=O)C1(C)CC1.CC1(S(=N)(N)=O)CC1.O=C(O)C(F)(F)F.O=C(O)C(F)(F)F. The van der Waals surface area contributed by atoms with Crippen molar-refractivity contribution in [2.45, 2.75) is 100 Å². The molecule has 0 heterocycles. The molecule has 37 heavy (non-hydrogen) atoms. The van der Waals surface area contributed by atoms with Crippen LogP contribution in [-0.4, -0.2) is 60.7 Å². The van der Waals surface area contributed by atoms with E-state index in [1.807, 2.05) is 6.92 Å². The number of hydrogen-bond acceptors (Lipinski definition) is 6. The molecule has 0 radical (unpaired) electrons. The van der Waals surface area contributed by atoms with E-state index in [1.165, 1.54) is 0 Å². The maximum absolute atomic E-state index is 12.4. The van der Waals surface area contributed by atoms with E-state index in [9.17, 15) is 34.8 Å². The molecule has 19 heteroatoms. The highest BCUT2D eigenvalue weighted by Crippen LogP contribution is 2.45. The molecule has 222 valence electrons. The monoisotopic (exact) mass is 610 g/mol. The van der Waals surface area contributed by atoms with E-state index in [2.05, 4.69) is 37.9 Å². The summed E-state index contributed by atoms with van der Waals surface area (Å²) < 4.78 is 97.6. The predicted molar refractivity (Wildman–Crippen MR) is 130 cm³/mol. The van der Waals surface area contributed by atoms with Gasteiger partial charge in [0.05, 0.1) is 9.49 Å². The molecule has 2 aliphatic rings. The first-order valence-corrected chi connectivity index (χ1v) is 16.6. The molecule has 0 aliphatic heterocycles. The molecule has 0 aromatic rings. The van der Waals surface area contributed by atoms with Crippen LogP contribution < -0.4 is 10.3 Å². The van der Waals surface area contributed by atoms with E-state index in [4.69, 9.17) is 34.9 Å². The fourth-order valence-electron chi connectivity index (χ4n) is 1.53. The number of hydrogen-bond donors (Lipinski definition) is 5. The summed E-state index contributed by atoms with van der Waals surface area (Å²) in [6.07, 6.45) is -6.54. The van der Waals surface area contributed by atoms with Gasteiger partial charge in [-0.1, -0.05) is 20.8 Å². The Morgan fingerprint density at radius 2 is 1.08 bits per heavy atom. The maximum Gasteiger partial charge on any atom is 0.490 e. The third-order valence-corrected chi connectivity index (χ3v) is 16.3. The summed E-state index contributed by atoms with van der Waals surface area (Å²) in [5.74, 6) is -5.51. The van der Waals surface area contributed by atoms with Crippen molar-refractivity contribution in [3.05, 3.63) is 0 Å². The van der Waals surface area contributed by atoms with Crippen LogP contribution in [0.15, 0.2) is 4.03 Å². The molecular formula is C18H36F6N4O6S2Si. The van der Waals surface area contributed by atoms with Crippen LogP contribution in [0.4, 0.5) is 26.3 Å². The third-order valence-electron chi connectivity index (χ3n) is 6.03. The van der Waals surface area contributed by atoms with Crippen LogP contribution >= 0.6 is 0 Å². The van der Waals surface area contributed by atoms with E-state index in [1.54, 1.807) is 6.92 Å². The van der Waals surface area contributed by atoms with E-state index < -0.39 is 52.4 Å². The molecule has 0 amide bonds. The molecule has 2 aliphatic carbocycles. The predicted octanol–water partition coefficient (Wildman–Crippen LogP) is 4.61. The van der Waals surface area contributed by atoms with Crippen molar-refractivity contribution in [2.24, 2.45) is 14.3 Å². The fraction of sp³-hybridized carbons (Fsp3) is 0.889. The number of nitrogens with zero attached hydrogens (tertiary/aromatic N) is 1. The third kappa shape index (κ3) is 12.8. The highest BCUT2D eigenvalue weighted by Gasteiger charge is 2.49. The van der Waals surface area contributed by atoms with Gasteiger partial charge in [0.2, 0.25) is 0 Å². The summed E-state index contributed by atoms with van der Waals surface area (Å²) in [7, 11) is -7.11. The van der Waals surface area contributed by atoms with Crippen molar-refractivity contribution >= 4 is 40.0 Å². The van der Waals surface area contributed by atoms with Gasteiger partial charge in [-0.15, -0.1) is 0 Å². The van der Waals surface area contributed by atoms with Gasteiger partial charge in [0.1, 0.15) is 19.8 Å². The Hall–Kier alpha value is -1.44. The summed E-state index contributed by atoms with van der Waals surface area (Å²) in [6.45, 7) is 14.6. The minimum absolute atomic E-state index is 0.111. The van der Waals surface area contributed by atoms with Crippen LogP contribution in [0.3, 0.4) is 0 Å². The number of carbonyl (C=O) groups is 2. The molecule has 0 bridgehead atoms. The Kier molecular flexibility index (Phi) is 12.0. The van der Waals surface area contributed by atoms with Crippen LogP contribution in [0.25, 0.3) is 0 Å². The Morgan fingerprint density at radius 1 is 0.838 bits per heavy atom. The van der Waals surface area contributed by atoms with Crippen LogP contribution in [0.1, 0.15) is 60.3 Å². The molecule has 2 saturated carbocycles. The number of halogens is 6. The number of carboxylic acids is 2. The van der Waals surface area contributed by atoms with E-state index in [0.29, 0.717) is 0 Å². The van der Waals surface area contributed by atoms with E-state index in [-0.39, 0.29) is 14.5 Å². The smallest absolute Gasteiger partial charge is 0.475 e. The summed E-state index contributed by atoms with van der Waals surface area (Å²) in [4.78, 5) is 17.8. The maximum atomic E-state index is 12.4. The average Bonchev–Trinajstić information content (AvgIpc) is 3.51. The summed E-state index contributed by atoms with van der Waals surface area (Å²) in [6, 6.07) is 0. The lowest BCUT2D eigenvalue weighted by molar-refractivity contribution is -0.193. The molecule has 10 nitrogen and oxygen atoms in total. The van der Waals surface area contributed by atoms with Crippen molar-refractivity contribution in [1.29, 1.82) is 4.78 Å². The first-order chi connectivity index (χ1) is 15.8. The molecular weight excluding hydrogens is 574 g/mol. The van der Waals surface area contributed by atoms with Gasteiger partial charge in [0, 0.05) is 0 Å². The summed E-state index contributed by atoms with van der Waals surface area (Å²) in [5, 5.41) is 25.4. The minimum atomic E-state index is -5.08. The molecule has 2 fully saturated rings. The van der Waals surface area contributed by atoms with E-state index >= 15 is 0 Å². The number of carboxylic acid groups (broad SMARTS) is 2. The Bertz CT molecular complexity index is 1030. The van der Waals surface area contributed by atoms with Crippen molar-refractivity contribution in [1.82, 2.24) is 0 Å². The quantitative estimate of drug-likeness (QED) is 0.228. The normalized spacial score (nSPS) is 20.9. The van der Waals surface area contributed by atoms with Crippen molar-refractivity contribution in [2.75, 3.05) is 0 Å². The molecule has 2 unspecified atom stereocenters. The average molecular weight is 611 g/mol. The van der Waals surface area contributed by atoms with Gasteiger partial charge in [0.15, 0.2) is 8.24 Å². The molecule has 2 atom stereocenters. The molecule has 7 N–H and O–H groups in total. The van der Waals surface area contributed by atoms with Crippen molar-refractivity contribution < 1.29 is 54.6 Å². The lowest BCUT2D eigenvalue weighted by atomic mass is 10.2. The Morgan fingerprint density at radius 3 is 1.19 bits per heavy atom. The molecule has 0 aromatic carbocycles. The van der Waals surface area contributed by atoms with Crippen LogP contribution in [-0.2, 0) is 29.4 Å². The molecule has 0 spiro atoms. The molecule has 2 rings (SSSR count). The number of alkyl halides is 6. The summed E-state index contributed by atoms with van der Waals surface area (Å²) >= 11 is 0. The number of aliphatic carboxylic acids is 2. The lowest BCUT2D eigenvalue weighted by Gasteiger charge is -2.33. The molecule has 0 saturated heterocycles. The minimum Gasteiger partial charge on any atom is -0.475 e. The number of rotatable bonds is 3. The first-order valence-electron chi connectivity index (χ1n) is 10.5. The van der Waals surface area contributed by atoms with Gasteiger partial charge in [-0.05, 0) is 57.7 Å². The van der Waals surface area contributed by atoms with Crippen LogP contribution in [0.2, 0.25) is 18.1 Å².